The Morgan fingerprint density at radius 1 is 1.14 bits per heavy atom. The minimum atomic E-state index is -2.67. The smallest absolute Gasteiger partial charge is 0.231 e. The maximum Gasteiger partial charge on any atom is 0.231 e. The maximum atomic E-state index is 12.1. The molecule has 1 atom stereocenters. The van der Waals surface area contributed by atoms with Gasteiger partial charge < -0.3 is 24.1 Å². The van der Waals surface area contributed by atoms with Crippen LogP contribution in [0.1, 0.15) is 5.56 Å². The Labute approximate surface area is 218 Å². The highest BCUT2D eigenvalue weighted by molar-refractivity contribution is 7.94. The number of aryl methyl sites for hydroxylation is 1. The number of nitrogens with one attached hydrogen (secondary N) is 1. The van der Waals surface area contributed by atoms with E-state index in [1.54, 1.807) is 30.1 Å². The number of carbonyl (C=O) groups is 1. The zero-order valence-electron chi connectivity index (χ0n) is 19.7. The fraction of sp³-hybridized carbons (Fsp3) is 0.167. The van der Waals surface area contributed by atoms with E-state index >= 15 is 0 Å². The van der Waals surface area contributed by atoms with Crippen LogP contribution in [0.25, 0.3) is 11.0 Å². The van der Waals surface area contributed by atoms with E-state index in [4.69, 9.17) is 32.5 Å². The molecule has 0 fully saturated rings. The molecule has 0 aliphatic carbocycles. The molecule has 0 bridgehead atoms. The summed E-state index contributed by atoms with van der Waals surface area (Å²) in [4.78, 5) is 22.3. The van der Waals surface area contributed by atoms with Gasteiger partial charge in [0.2, 0.25) is 5.91 Å². The molecule has 12 heteroatoms. The van der Waals surface area contributed by atoms with E-state index in [-0.39, 0.29) is 5.91 Å². The highest BCUT2D eigenvalue weighted by Gasteiger charge is 2.27. The van der Waals surface area contributed by atoms with Gasteiger partial charge in [0, 0.05) is 37.7 Å². The second-order valence-corrected chi connectivity index (χ2v) is 10.9. The molecule has 1 aliphatic rings. The number of carbonyl (C=O) groups excluding carboxylic acids is 1. The number of rotatable bonds is 4. The number of likely N-dealkylation sites (N-methyl/N-ethyl adjacent to an activating group) is 1. The van der Waals surface area contributed by atoms with Crippen molar-refractivity contribution in [2.45, 2.75) is 6.42 Å². The first kappa shape index (κ1) is 25.8. The normalized spacial score (nSPS) is 14.2. The summed E-state index contributed by atoms with van der Waals surface area (Å²) in [6.45, 7) is 0. The van der Waals surface area contributed by atoms with Crippen molar-refractivity contribution in [1.29, 1.82) is 0 Å². The number of amides is 1. The number of fused-ring (bicyclic) bond motifs is 2. The third kappa shape index (κ3) is 5.57. The molecule has 36 heavy (non-hydrogen) atoms. The van der Waals surface area contributed by atoms with Crippen LogP contribution < -0.4 is 15.0 Å². The Hall–Kier alpha value is -3.31. The molecule has 0 spiro atoms. The fourth-order valence-electron chi connectivity index (χ4n) is 3.70. The number of nitrogens with zero attached hydrogens (tertiary/aromatic N) is 4. The summed E-state index contributed by atoms with van der Waals surface area (Å²) in [6.07, 6.45) is 2.95. The molecule has 2 N–H and O–H groups in total. The van der Waals surface area contributed by atoms with Crippen molar-refractivity contribution < 1.29 is 18.3 Å². The summed E-state index contributed by atoms with van der Waals surface area (Å²) in [6, 6.07) is 12.8. The number of anilines is 3. The van der Waals surface area contributed by atoms with Crippen LogP contribution in [0.5, 0.6) is 11.5 Å². The molecule has 2 aromatic carbocycles. The van der Waals surface area contributed by atoms with Crippen LogP contribution in [0.4, 0.5) is 17.2 Å². The summed E-state index contributed by atoms with van der Waals surface area (Å²) < 4.78 is 25.4. The maximum absolute atomic E-state index is 12.1. The van der Waals surface area contributed by atoms with Crippen molar-refractivity contribution in [2.24, 2.45) is 7.05 Å². The Morgan fingerprint density at radius 2 is 1.86 bits per heavy atom. The van der Waals surface area contributed by atoms with E-state index < -0.39 is 9.80 Å². The standard InChI is InChI=1S/C22H17Cl2N5O2.C2H6O2S/c1-28-16-4-3-5-17(13(16)9-20(28)30)31-18-7-6-12(8-14(18)23)27-22-21-15(25-11-26-22)10-19(24)29(21)2;1-5(2,3)4/h3-8,10-11H,9H2,1-2H3,(H,25,26,27);1H2,2H3,(H,3,4). The van der Waals surface area contributed by atoms with E-state index in [9.17, 15) is 9.00 Å². The van der Waals surface area contributed by atoms with E-state index in [2.05, 4.69) is 21.2 Å². The van der Waals surface area contributed by atoms with Gasteiger partial charge in [-0.25, -0.2) is 14.2 Å². The lowest BCUT2D eigenvalue weighted by molar-refractivity contribution is -0.117. The van der Waals surface area contributed by atoms with E-state index in [0.717, 1.165) is 34.2 Å². The quantitative estimate of drug-likeness (QED) is 0.340. The number of benzene rings is 2. The second kappa shape index (κ2) is 9.98. The fourth-order valence-corrected chi connectivity index (χ4v) is 4.11. The zero-order chi connectivity index (χ0) is 26.2. The number of ether oxygens (including phenoxy) is 1. The average molecular weight is 548 g/mol. The molecule has 0 saturated heterocycles. The molecule has 0 radical (unpaired) electrons. The zero-order valence-corrected chi connectivity index (χ0v) is 22.0. The van der Waals surface area contributed by atoms with Gasteiger partial charge >= 0.3 is 0 Å². The third-order valence-corrected chi connectivity index (χ3v) is 6.01. The van der Waals surface area contributed by atoms with E-state index in [1.165, 1.54) is 6.33 Å². The topological polar surface area (TPSA) is 110 Å². The average Bonchev–Trinajstić information content (AvgIpc) is 3.25. The van der Waals surface area contributed by atoms with Crippen molar-refractivity contribution in [3.8, 4) is 11.5 Å². The van der Waals surface area contributed by atoms with Gasteiger partial charge in [-0.2, -0.15) is 0 Å². The molecule has 9 nitrogen and oxygen atoms in total. The van der Waals surface area contributed by atoms with Crippen LogP contribution in [0.15, 0.2) is 48.8 Å². The molecular weight excluding hydrogens is 525 g/mol. The summed E-state index contributed by atoms with van der Waals surface area (Å²) in [5, 5.41) is 4.26. The van der Waals surface area contributed by atoms with Gasteiger partial charge in [0.05, 0.1) is 32.5 Å². The molecule has 188 valence electrons. The first-order valence-electron chi connectivity index (χ1n) is 10.6. The number of aromatic nitrogens is 3. The molecule has 1 amide bonds. The highest BCUT2D eigenvalue weighted by Crippen LogP contribution is 2.39. The monoisotopic (exact) mass is 547 g/mol. The van der Waals surface area contributed by atoms with Crippen LogP contribution in [-0.2, 0) is 28.1 Å². The van der Waals surface area contributed by atoms with Crippen LogP contribution in [0.3, 0.4) is 0 Å². The predicted octanol–water partition coefficient (Wildman–Crippen LogP) is 5.14. The summed E-state index contributed by atoms with van der Waals surface area (Å²) in [5.41, 5.74) is 3.98. The summed E-state index contributed by atoms with van der Waals surface area (Å²) >= 11 is 12.7. The van der Waals surface area contributed by atoms with Crippen molar-refractivity contribution >= 4 is 73.0 Å². The van der Waals surface area contributed by atoms with E-state index in [1.807, 2.05) is 35.9 Å². The van der Waals surface area contributed by atoms with Gasteiger partial charge in [-0.05, 0) is 36.2 Å². The molecular formula is C24H23Cl2N5O4S. The minimum absolute atomic E-state index is 0.0358. The Balaban J connectivity index is 0.000000556. The van der Waals surface area contributed by atoms with Crippen molar-refractivity contribution in [3.63, 3.8) is 0 Å². The van der Waals surface area contributed by atoms with Gasteiger partial charge in [0.15, 0.2) is 5.82 Å². The van der Waals surface area contributed by atoms with Gasteiger partial charge in [-0.3, -0.25) is 4.79 Å². The second-order valence-electron chi connectivity index (χ2n) is 8.20. The molecule has 0 saturated carbocycles. The van der Waals surface area contributed by atoms with Crippen LogP contribution in [-0.4, -0.2) is 48.4 Å². The van der Waals surface area contributed by atoms with E-state index in [0.29, 0.717) is 33.9 Å². The number of halogens is 2. The first-order valence-corrected chi connectivity index (χ1v) is 13.4. The lowest BCUT2D eigenvalue weighted by Gasteiger charge is -2.14. The third-order valence-electron chi connectivity index (χ3n) is 5.35. The molecule has 1 aliphatic heterocycles. The first-order chi connectivity index (χ1) is 16.9. The Bertz CT molecular complexity index is 1580. The van der Waals surface area contributed by atoms with Crippen molar-refractivity contribution in [2.75, 3.05) is 23.5 Å². The number of hydrogen-bond acceptors (Lipinski definition) is 6. The molecule has 4 aromatic rings. The van der Waals surface area contributed by atoms with Crippen molar-refractivity contribution in [3.05, 3.63) is 64.5 Å². The largest absolute Gasteiger partial charge is 0.455 e. The molecule has 2 aromatic heterocycles. The molecule has 5 rings (SSSR count). The van der Waals surface area contributed by atoms with Gasteiger partial charge in [0.1, 0.15) is 28.5 Å². The molecule has 3 heterocycles. The number of hydrogen-bond donors (Lipinski definition) is 2. The van der Waals surface area contributed by atoms with Gasteiger partial charge in [-0.15, -0.1) is 0 Å². The van der Waals surface area contributed by atoms with Crippen LogP contribution >= 0.6 is 23.2 Å². The van der Waals surface area contributed by atoms with Gasteiger partial charge in [-0.1, -0.05) is 29.3 Å². The Kier molecular flexibility index (Phi) is 7.14. The lowest BCUT2D eigenvalue weighted by atomic mass is 10.1. The van der Waals surface area contributed by atoms with Crippen LogP contribution in [0.2, 0.25) is 10.2 Å². The van der Waals surface area contributed by atoms with Crippen molar-refractivity contribution in [1.82, 2.24) is 14.5 Å². The molecule has 1 unspecified atom stereocenters. The Morgan fingerprint density at radius 3 is 2.56 bits per heavy atom. The lowest BCUT2D eigenvalue weighted by Crippen LogP contribution is -2.20. The predicted molar refractivity (Wildman–Crippen MR) is 146 cm³/mol. The van der Waals surface area contributed by atoms with Crippen LogP contribution in [0, 0.1) is 0 Å². The SMILES string of the molecule is C=S(C)(=O)O.CN1C(=O)Cc2c(Oc3ccc(Nc4ncnc5cc(Cl)n(C)c45)cc3Cl)cccc21. The minimum Gasteiger partial charge on any atom is -0.455 e. The highest BCUT2D eigenvalue weighted by atomic mass is 35.5. The summed E-state index contributed by atoms with van der Waals surface area (Å²) in [5.74, 6) is 4.62. The van der Waals surface area contributed by atoms with Gasteiger partial charge in [0.25, 0.3) is 0 Å². The summed E-state index contributed by atoms with van der Waals surface area (Å²) in [7, 11) is 0.943.